The molecule has 4 heterocycles. The molecule has 0 spiro atoms. The van der Waals surface area contributed by atoms with Gasteiger partial charge in [-0.25, -0.2) is 4.79 Å². The standard InChI is InChI=1S/C25H26N6O3S/c1-16-20(21(34-29-16)19-8-4-3-5-9-19)15-30-11-12-31(25(30)33)24-28-17(2)22(35-24)23(32)27-14-18-7-6-10-26-13-18/h3-10,13,17,22H,11-12,14-15H2,1-2H3,(H,27,32). The van der Waals surface area contributed by atoms with Crippen LogP contribution in [-0.2, 0) is 17.9 Å². The van der Waals surface area contributed by atoms with Crippen LogP contribution in [0, 0.1) is 6.92 Å². The van der Waals surface area contributed by atoms with Crippen LogP contribution in [0.4, 0.5) is 4.79 Å². The van der Waals surface area contributed by atoms with Crippen molar-refractivity contribution in [2.45, 2.75) is 38.2 Å². The van der Waals surface area contributed by atoms with Crippen molar-refractivity contribution in [1.29, 1.82) is 0 Å². The number of urea groups is 1. The van der Waals surface area contributed by atoms with Crippen molar-refractivity contribution >= 4 is 28.9 Å². The zero-order valence-electron chi connectivity index (χ0n) is 19.5. The number of aromatic nitrogens is 2. The molecular weight excluding hydrogens is 464 g/mol. The Morgan fingerprint density at radius 1 is 1.20 bits per heavy atom. The van der Waals surface area contributed by atoms with Crippen molar-refractivity contribution in [2.24, 2.45) is 4.99 Å². The smallest absolute Gasteiger partial charge is 0.326 e. The summed E-state index contributed by atoms with van der Waals surface area (Å²) in [5.41, 5.74) is 3.52. The van der Waals surface area contributed by atoms with Crippen LogP contribution in [0.5, 0.6) is 0 Å². The largest absolute Gasteiger partial charge is 0.356 e. The topological polar surface area (TPSA) is 104 Å². The Hall–Kier alpha value is -3.66. The van der Waals surface area contributed by atoms with Crippen molar-refractivity contribution in [1.82, 2.24) is 25.3 Å². The van der Waals surface area contributed by atoms with Gasteiger partial charge in [0.2, 0.25) is 5.91 Å². The third-order valence-corrected chi connectivity index (χ3v) is 7.53. The van der Waals surface area contributed by atoms with E-state index in [0.29, 0.717) is 37.1 Å². The van der Waals surface area contributed by atoms with Gasteiger partial charge in [-0.05, 0) is 25.5 Å². The molecule has 10 heteroatoms. The quantitative estimate of drug-likeness (QED) is 0.568. The molecular formula is C25H26N6O3S. The maximum atomic E-state index is 13.3. The summed E-state index contributed by atoms with van der Waals surface area (Å²) in [6.07, 6.45) is 3.43. The fourth-order valence-electron chi connectivity index (χ4n) is 4.17. The van der Waals surface area contributed by atoms with E-state index in [1.54, 1.807) is 22.2 Å². The summed E-state index contributed by atoms with van der Waals surface area (Å²) in [5.74, 6) is 0.585. The van der Waals surface area contributed by atoms with Crippen LogP contribution in [0.2, 0.25) is 0 Å². The number of aryl methyl sites for hydroxylation is 1. The minimum absolute atomic E-state index is 0.0961. The molecule has 2 aliphatic heterocycles. The van der Waals surface area contributed by atoms with E-state index < -0.39 is 0 Å². The summed E-state index contributed by atoms with van der Waals surface area (Å²) in [6, 6.07) is 13.2. The Morgan fingerprint density at radius 3 is 2.80 bits per heavy atom. The van der Waals surface area contributed by atoms with Gasteiger partial charge in [0.1, 0.15) is 5.25 Å². The first kappa shape index (κ1) is 23.1. The van der Waals surface area contributed by atoms with E-state index in [1.165, 1.54) is 11.8 Å². The minimum atomic E-state index is -0.381. The molecule has 3 amide bonds. The predicted molar refractivity (Wildman–Crippen MR) is 134 cm³/mol. The Kier molecular flexibility index (Phi) is 6.54. The van der Waals surface area contributed by atoms with Gasteiger partial charge in [-0.1, -0.05) is 53.3 Å². The van der Waals surface area contributed by atoms with Crippen molar-refractivity contribution < 1.29 is 14.1 Å². The van der Waals surface area contributed by atoms with Gasteiger partial charge in [0.05, 0.1) is 18.3 Å². The molecule has 1 N–H and O–H groups in total. The average molecular weight is 491 g/mol. The number of thioether (sulfide) groups is 1. The molecule has 35 heavy (non-hydrogen) atoms. The first-order valence-electron chi connectivity index (χ1n) is 11.5. The lowest BCUT2D eigenvalue weighted by Gasteiger charge is -2.19. The number of pyridine rings is 1. The monoisotopic (exact) mass is 490 g/mol. The number of hydrogen-bond donors (Lipinski definition) is 1. The number of nitrogens with one attached hydrogen (secondary N) is 1. The number of carbonyl (C=O) groups excluding carboxylic acids is 2. The zero-order valence-corrected chi connectivity index (χ0v) is 20.4. The third kappa shape index (κ3) is 4.79. The highest BCUT2D eigenvalue weighted by Crippen LogP contribution is 2.32. The Labute approximate surface area is 207 Å². The fraction of sp³-hybridized carbons (Fsp3) is 0.320. The van der Waals surface area contributed by atoms with Crippen molar-refractivity contribution in [2.75, 3.05) is 13.1 Å². The van der Waals surface area contributed by atoms with Gasteiger partial charge in [0, 0.05) is 43.2 Å². The second-order valence-electron chi connectivity index (χ2n) is 8.57. The highest BCUT2D eigenvalue weighted by molar-refractivity contribution is 8.15. The number of hydrogen-bond acceptors (Lipinski definition) is 7. The summed E-state index contributed by atoms with van der Waals surface area (Å²) >= 11 is 1.35. The summed E-state index contributed by atoms with van der Waals surface area (Å²) in [5, 5.41) is 7.30. The number of carbonyl (C=O) groups is 2. The molecule has 0 aliphatic carbocycles. The van der Waals surface area contributed by atoms with E-state index in [2.05, 4.69) is 20.4 Å². The van der Waals surface area contributed by atoms with Gasteiger partial charge in [-0.15, -0.1) is 0 Å². The van der Waals surface area contributed by atoms with Gasteiger partial charge in [0.15, 0.2) is 10.9 Å². The van der Waals surface area contributed by atoms with Crippen LogP contribution in [0.25, 0.3) is 11.3 Å². The molecule has 180 valence electrons. The second-order valence-corrected chi connectivity index (χ2v) is 9.68. The number of amides is 3. The Bertz CT molecular complexity index is 1250. The van der Waals surface area contributed by atoms with Gasteiger partial charge in [0.25, 0.3) is 0 Å². The molecule has 5 rings (SSSR count). The number of benzene rings is 1. The van der Waals surface area contributed by atoms with Crippen LogP contribution in [0.15, 0.2) is 64.4 Å². The van der Waals surface area contributed by atoms with Gasteiger partial charge < -0.3 is 14.7 Å². The lowest BCUT2D eigenvalue weighted by Crippen LogP contribution is -2.37. The van der Waals surface area contributed by atoms with Crippen molar-refractivity contribution in [3.05, 3.63) is 71.7 Å². The van der Waals surface area contributed by atoms with Crippen LogP contribution in [-0.4, -0.2) is 61.4 Å². The van der Waals surface area contributed by atoms with Gasteiger partial charge in [-0.2, -0.15) is 0 Å². The number of aliphatic imine (C=N–C) groups is 1. The second kappa shape index (κ2) is 9.91. The molecule has 0 saturated carbocycles. The molecule has 1 aromatic carbocycles. The number of rotatable bonds is 6. The van der Waals surface area contributed by atoms with Crippen molar-refractivity contribution in [3.8, 4) is 11.3 Å². The summed E-state index contributed by atoms with van der Waals surface area (Å²) in [7, 11) is 0. The molecule has 3 aromatic rings. The highest BCUT2D eigenvalue weighted by Gasteiger charge is 2.40. The molecule has 2 atom stereocenters. The summed E-state index contributed by atoms with van der Waals surface area (Å²) < 4.78 is 5.59. The van der Waals surface area contributed by atoms with E-state index in [9.17, 15) is 9.59 Å². The molecule has 1 saturated heterocycles. The van der Waals surface area contributed by atoms with E-state index >= 15 is 0 Å². The molecule has 2 aromatic heterocycles. The molecule has 2 aliphatic rings. The zero-order chi connectivity index (χ0) is 24.4. The molecule has 9 nitrogen and oxygen atoms in total. The molecule has 2 unspecified atom stereocenters. The molecule has 0 radical (unpaired) electrons. The van der Waals surface area contributed by atoms with Crippen LogP contribution in [0.3, 0.4) is 0 Å². The average Bonchev–Trinajstić information content (AvgIpc) is 3.56. The van der Waals surface area contributed by atoms with Crippen molar-refractivity contribution in [3.63, 3.8) is 0 Å². The first-order valence-corrected chi connectivity index (χ1v) is 12.4. The Morgan fingerprint density at radius 2 is 2.03 bits per heavy atom. The van der Waals surface area contributed by atoms with E-state index in [0.717, 1.165) is 22.4 Å². The van der Waals surface area contributed by atoms with Crippen LogP contribution < -0.4 is 5.32 Å². The summed E-state index contributed by atoms with van der Waals surface area (Å²) in [6.45, 7) is 5.67. The molecule has 0 bridgehead atoms. The highest BCUT2D eigenvalue weighted by atomic mass is 32.2. The fourth-order valence-corrected chi connectivity index (χ4v) is 5.37. The third-order valence-electron chi connectivity index (χ3n) is 6.13. The lowest BCUT2D eigenvalue weighted by atomic mass is 10.1. The normalized spacial score (nSPS) is 19.8. The maximum Gasteiger partial charge on any atom is 0.326 e. The SMILES string of the molecule is Cc1noc(-c2ccccc2)c1CN1CCN(C2=NC(C)C(C(=O)NCc3cccnc3)S2)C1=O. The van der Waals surface area contributed by atoms with Gasteiger partial charge >= 0.3 is 6.03 Å². The number of nitrogens with zero attached hydrogens (tertiary/aromatic N) is 5. The maximum absolute atomic E-state index is 13.3. The van der Waals surface area contributed by atoms with Crippen LogP contribution in [0.1, 0.15) is 23.7 Å². The van der Waals surface area contributed by atoms with E-state index in [4.69, 9.17) is 4.52 Å². The summed E-state index contributed by atoms with van der Waals surface area (Å²) in [4.78, 5) is 38.2. The van der Waals surface area contributed by atoms with E-state index in [1.807, 2.05) is 56.3 Å². The minimum Gasteiger partial charge on any atom is -0.356 e. The predicted octanol–water partition coefficient (Wildman–Crippen LogP) is 3.46. The Balaban J connectivity index is 1.22. The molecule has 1 fully saturated rings. The van der Waals surface area contributed by atoms with Crippen LogP contribution >= 0.6 is 11.8 Å². The van der Waals surface area contributed by atoms with E-state index in [-0.39, 0.29) is 23.2 Å². The number of amidine groups is 1. The first-order chi connectivity index (χ1) is 17.0. The lowest BCUT2D eigenvalue weighted by molar-refractivity contribution is -0.120. The van der Waals surface area contributed by atoms with Gasteiger partial charge in [-0.3, -0.25) is 19.7 Å².